The molecule has 2 aromatic carbocycles. The van der Waals surface area contributed by atoms with Gasteiger partial charge in [-0.15, -0.1) is 0 Å². The second kappa shape index (κ2) is 8.17. The van der Waals surface area contributed by atoms with E-state index in [1.807, 2.05) is 24.3 Å². The lowest BCUT2D eigenvalue weighted by Crippen LogP contribution is -2.24. The van der Waals surface area contributed by atoms with Crippen molar-refractivity contribution in [3.63, 3.8) is 0 Å². The van der Waals surface area contributed by atoms with Gasteiger partial charge >= 0.3 is 5.97 Å². The summed E-state index contributed by atoms with van der Waals surface area (Å²) in [6, 6.07) is 14.5. The monoisotopic (exact) mass is 359 g/mol. The van der Waals surface area contributed by atoms with Gasteiger partial charge in [0.25, 0.3) is 5.91 Å². The Labute approximate surface area is 153 Å². The van der Waals surface area contributed by atoms with Crippen LogP contribution in [0.4, 0.5) is 5.69 Å². The predicted molar refractivity (Wildman–Crippen MR) is 99.9 cm³/mol. The fraction of sp³-hybridized carbons (Fsp3) is 0.300. The predicted octanol–water partition coefficient (Wildman–Crippen LogP) is 4.36. The van der Waals surface area contributed by atoms with Crippen LogP contribution in [0.2, 0.25) is 5.02 Å². The highest BCUT2D eigenvalue weighted by Gasteiger charge is 2.19. The molecule has 0 aromatic heterocycles. The lowest BCUT2D eigenvalue weighted by molar-refractivity contribution is -0.146. The topological polar surface area (TPSA) is 55.4 Å². The zero-order valence-corrected chi connectivity index (χ0v) is 15.4. The molecule has 0 bridgehead atoms. The number of ether oxygens (including phenoxy) is 1. The number of hydrogen-bond donors (Lipinski definition) is 1. The van der Waals surface area contributed by atoms with Gasteiger partial charge in [-0.05, 0) is 34.7 Å². The Morgan fingerprint density at radius 3 is 2.32 bits per heavy atom. The van der Waals surface area contributed by atoms with E-state index in [4.69, 9.17) is 16.3 Å². The zero-order chi connectivity index (χ0) is 18.4. The standard InChI is InChI=1S/C20H22ClNO3/c1-20(2,3)16-6-4-5-7-17(16)22-18(23)13-25-19(24)12-14-8-10-15(21)11-9-14/h4-11H,12-13H2,1-3H3,(H,22,23). The first kappa shape index (κ1) is 19.0. The molecule has 0 saturated heterocycles. The number of halogens is 1. The van der Waals surface area contributed by atoms with Crippen LogP contribution in [-0.4, -0.2) is 18.5 Å². The molecule has 1 amide bonds. The van der Waals surface area contributed by atoms with Crippen LogP contribution in [0.1, 0.15) is 31.9 Å². The molecule has 0 saturated carbocycles. The summed E-state index contributed by atoms with van der Waals surface area (Å²) in [5, 5.41) is 3.42. The first-order valence-electron chi connectivity index (χ1n) is 8.05. The number of esters is 1. The lowest BCUT2D eigenvalue weighted by atomic mass is 9.86. The minimum absolute atomic E-state index is 0.100. The molecular formula is C20H22ClNO3. The average Bonchev–Trinajstić information content (AvgIpc) is 2.55. The van der Waals surface area contributed by atoms with E-state index in [-0.39, 0.29) is 24.3 Å². The van der Waals surface area contributed by atoms with Gasteiger partial charge in [0.05, 0.1) is 6.42 Å². The van der Waals surface area contributed by atoms with Gasteiger partial charge in [0.1, 0.15) is 0 Å². The summed E-state index contributed by atoms with van der Waals surface area (Å²) in [5.74, 6) is -0.817. The van der Waals surface area contributed by atoms with Crippen molar-refractivity contribution in [2.24, 2.45) is 0 Å². The zero-order valence-electron chi connectivity index (χ0n) is 14.6. The number of hydrogen-bond acceptors (Lipinski definition) is 3. The first-order valence-corrected chi connectivity index (χ1v) is 8.43. The van der Waals surface area contributed by atoms with Crippen molar-refractivity contribution in [3.05, 3.63) is 64.7 Å². The van der Waals surface area contributed by atoms with Crippen LogP contribution < -0.4 is 5.32 Å². The summed E-state index contributed by atoms with van der Waals surface area (Å²) >= 11 is 5.80. The van der Waals surface area contributed by atoms with Crippen LogP contribution in [-0.2, 0) is 26.2 Å². The third-order valence-corrected chi connectivity index (χ3v) is 3.89. The Morgan fingerprint density at radius 1 is 1.04 bits per heavy atom. The van der Waals surface area contributed by atoms with E-state index in [0.717, 1.165) is 16.8 Å². The third kappa shape index (κ3) is 5.91. The molecule has 0 atom stereocenters. The molecule has 0 aliphatic rings. The van der Waals surface area contributed by atoms with Crippen LogP contribution in [0.3, 0.4) is 0 Å². The van der Waals surface area contributed by atoms with Crippen LogP contribution in [0, 0.1) is 0 Å². The van der Waals surface area contributed by atoms with Crippen molar-refractivity contribution in [3.8, 4) is 0 Å². The van der Waals surface area contributed by atoms with Gasteiger partial charge in [0.2, 0.25) is 0 Å². The molecule has 0 radical (unpaired) electrons. The maximum Gasteiger partial charge on any atom is 0.310 e. The second-order valence-corrected chi connectivity index (χ2v) is 7.24. The minimum Gasteiger partial charge on any atom is -0.455 e. The molecule has 0 fully saturated rings. The highest BCUT2D eigenvalue weighted by Crippen LogP contribution is 2.29. The number of anilines is 1. The third-order valence-electron chi connectivity index (χ3n) is 3.64. The van der Waals surface area contributed by atoms with Gasteiger partial charge in [-0.1, -0.05) is 62.7 Å². The second-order valence-electron chi connectivity index (χ2n) is 6.81. The number of carbonyl (C=O) groups is 2. The molecular weight excluding hydrogens is 338 g/mol. The van der Waals surface area contributed by atoms with E-state index >= 15 is 0 Å². The molecule has 4 nitrogen and oxygen atoms in total. The SMILES string of the molecule is CC(C)(C)c1ccccc1NC(=O)COC(=O)Cc1ccc(Cl)cc1. The normalized spacial score (nSPS) is 11.0. The summed E-state index contributed by atoms with van der Waals surface area (Å²) in [6.45, 7) is 5.91. The van der Waals surface area contributed by atoms with Crippen molar-refractivity contribution in [2.45, 2.75) is 32.6 Å². The molecule has 25 heavy (non-hydrogen) atoms. The highest BCUT2D eigenvalue weighted by atomic mass is 35.5. The fourth-order valence-corrected chi connectivity index (χ4v) is 2.52. The van der Waals surface area contributed by atoms with Crippen LogP contribution in [0.25, 0.3) is 0 Å². The van der Waals surface area contributed by atoms with Gasteiger partial charge in [0, 0.05) is 10.7 Å². The molecule has 0 unspecified atom stereocenters. The van der Waals surface area contributed by atoms with Gasteiger partial charge in [-0.3, -0.25) is 9.59 Å². The van der Waals surface area contributed by atoms with Crippen LogP contribution in [0.15, 0.2) is 48.5 Å². The van der Waals surface area contributed by atoms with Crippen molar-refractivity contribution < 1.29 is 14.3 Å². The number of carbonyl (C=O) groups excluding carboxylic acids is 2. The van der Waals surface area contributed by atoms with Crippen LogP contribution in [0.5, 0.6) is 0 Å². The number of amides is 1. The number of rotatable bonds is 5. The maximum atomic E-state index is 12.1. The Hall–Kier alpha value is -2.33. The Kier molecular flexibility index (Phi) is 6.21. The molecule has 2 rings (SSSR count). The maximum absolute atomic E-state index is 12.1. The van der Waals surface area contributed by atoms with Crippen molar-refractivity contribution in [2.75, 3.05) is 11.9 Å². The van der Waals surface area contributed by atoms with E-state index < -0.39 is 5.97 Å². The van der Waals surface area contributed by atoms with E-state index in [9.17, 15) is 9.59 Å². The number of para-hydroxylation sites is 1. The van der Waals surface area contributed by atoms with Gasteiger partial charge < -0.3 is 10.1 Å². The minimum atomic E-state index is -0.457. The van der Waals surface area contributed by atoms with E-state index in [2.05, 4.69) is 26.1 Å². The molecule has 5 heteroatoms. The van der Waals surface area contributed by atoms with Gasteiger partial charge in [0.15, 0.2) is 6.61 Å². The van der Waals surface area contributed by atoms with Gasteiger partial charge in [-0.25, -0.2) is 0 Å². The Morgan fingerprint density at radius 2 is 1.68 bits per heavy atom. The fourth-order valence-electron chi connectivity index (χ4n) is 2.40. The van der Waals surface area contributed by atoms with E-state index in [0.29, 0.717) is 5.02 Å². The van der Waals surface area contributed by atoms with Crippen LogP contribution >= 0.6 is 11.6 Å². The van der Waals surface area contributed by atoms with Crippen molar-refractivity contribution >= 4 is 29.2 Å². The Balaban J connectivity index is 1.89. The molecule has 0 spiro atoms. The van der Waals surface area contributed by atoms with Crippen molar-refractivity contribution in [1.29, 1.82) is 0 Å². The summed E-state index contributed by atoms with van der Waals surface area (Å²) in [4.78, 5) is 23.9. The molecule has 2 aromatic rings. The number of benzene rings is 2. The molecule has 0 heterocycles. The first-order chi connectivity index (χ1) is 11.8. The summed E-state index contributed by atoms with van der Waals surface area (Å²) in [7, 11) is 0. The average molecular weight is 360 g/mol. The largest absolute Gasteiger partial charge is 0.455 e. The lowest BCUT2D eigenvalue weighted by Gasteiger charge is -2.22. The van der Waals surface area contributed by atoms with Crippen molar-refractivity contribution in [1.82, 2.24) is 0 Å². The highest BCUT2D eigenvalue weighted by molar-refractivity contribution is 6.30. The molecule has 0 aliphatic heterocycles. The quantitative estimate of drug-likeness (QED) is 0.807. The summed E-state index contributed by atoms with van der Waals surface area (Å²) in [5.41, 5.74) is 2.44. The smallest absolute Gasteiger partial charge is 0.310 e. The molecule has 132 valence electrons. The summed E-state index contributed by atoms with van der Waals surface area (Å²) in [6.07, 6.45) is 0.100. The van der Waals surface area contributed by atoms with E-state index in [1.165, 1.54) is 0 Å². The van der Waals surface area contributed by atoms with E-state index in [1.54, 1.807) is 24.3 Å². The molecule has 0 aliphatic carbocycles. The number of nitrogens with one attached hydrogen (secondary N) is 1. The molecule has 1 N–H and O–H groups in total. The Bertz CT molecular complexity index is 748. The van der Waals surface area contributed by atoms with Gasteiger partial charge in [-0.2, -0.15) is 0 Å². The summed E-state index contributed by atoms with van der Waals surface area (Å²) < 4.78 is 5.05.